The van der Waals surface area contributed by atoms with Crippen LogP contribution in [0.15, 0.2) is 29.3 Å². The smallest absolute Gasteiger partial charge is 0.399 e. The summed E-state index contributed by atoms with van der Waals surface area (Å²) in [6.07, 6.45) is 1.99. The second kappa shape index (κ2) is 4.84. The second-order valence-electron chi connectivity index (χ2n) is 5.55. The molecule has 1 fully saturated rings. The van der Waals surface area contributed by atoms with E-state index in [-0.39, 0.29) is 18.3 Å². The summed E-state index contributed by atoms with van der Waals surface area (Å²) in [5, 5.41) is 0. The minimum Gasteiger partial charge on any atom is -0.399 e. The first-order chi connectivity index (χ1) is 8.36. The Labute approximate surface area is 118 Å². The average molecular weight is 309 g/mol. The van der Waals surface area contributed by atoms with E-state index in [0.717, 1.165) is 11.0 Å². The first-order valence-corrected chi connectivity index (χ1v) is 7.00. The number of hydrogen-bond donors (Lipinski definition) is 0. The fourth-order valence-electron chi connectivity index (χ4n) is 1.82. The second-order valence-corrected chi connectivity index (χ2v) is 6.08. The number of hydrogen-bond acceptors (Lipinski definition) is 2. The third-order valence-electron chi connectivity index (χ3n) is 3.72. The topological polar surface area (TPSA) is 18.5 Å². The van der Waals surface area contributed by atoms with E-state index in [9.17, 15) is 0 Å². The standard InChI is InChI=1S/C14H18BBrO2/c1-13(2)14(3,4)18-15(17-13)12-7-5-11(6-8-12)9-10-16/h5-10H,1-4H3/b10-9+. The van der Waals surface area contributed by atoms with E-state index >= 15 is 0 Å². The summed E-state index contributed by atoms with van der Waals surface area (Å²) in [4.78, 5) is 1.84. The maximum Gasteiger partial charge on any atom is 0.494 e. The van der Waals surface area contributed by atoms with Crippen molar-refractivity contribution in [3.8, 4) is 0 Å². The van der Waals surface area contributed by atoms with E-state index in [1.54, 1.807) is 0 Å². The van der Waals surface area contributed by atoms with Gasteiger partial charge in [0.25, 0.3) is 0 Å². The van der Waals surface area contributed by atoms with Gasteiger partial charge in [-0.05, 0) is 49.8 Å². The molecule has 1 aromatic rings. The Bertz CT molecular complexity index is 435. The molecule has 96 valence electrons. The van der Waals surface area contributed by atoms with Crippen molar-refractivity contribution in [3.63, 3.8) is 0 Å². The Kier molecular flexibility index (Phi) is 3.72. The maximum absolute atomic E-state index is 6.00. The Balaban J connectivity index is 2.19. The molecule has 1 aliphatic rings. The molecule has 2 nitrogen and oxygen atoms in total. The van der Waals surface area contributed by atoms with Gasteiger partial charge in [-0.1, -0.05) is 40.2 Å². The Morgan fingerprint density at radius 1 is 1.00 bits per heavy atom. The molecule has 1 aliphatic heterocycles. The lowest BCUT2D eigenvalue weighted by molar-refractivity contribution is 0.00578. The van der Waals surface area contributed by atoms with Crippen molar-refractivity contribution in [2.24, 2.45) is 0 Å². The van der Waals surface area contributed by atoms with Crippen LogP contribution in [0.4, 0.5) is 0 Å². The van der Waals surface area contributed by atoms with E-state index in [1.165, 1.54) is 0 Å². The zero-order valence-electron chi connectivity index (χ0n) is 11.2. The van der Waals surface area contributed by atoms with E-state index in [0.29, 0.717) is 0 Å². The summed E-state index contributed by atoms with van der Waals surface area (Å²) in [7, 11) is -0.281. The lowest BCUT2D eigenvalue weighted by atomic mass is 9.79. The minimum atomic E-state index is -0.286. The van der Waals surface area contributed by atoms with Gasteiger partial charge >= 0.3 is 7.12 Å². The lowest BCUT2D eigenvalue weighted by Gasteiger charge is -2.32. The third kappa shape index (κ3) is 2.56. The molecule has 0 bridgehead atoms. The average Bonchev–Trinajstić information content (AvgIpc) is 2.50. The van der Waals surface area contributed by atoms with Crippen molar-refractivity contribution in [1.29, 1.82) is 0 Å². The largest absolute Gasteiger partial charge is 0.494 e. The highest BCUT2D eigenvalue weighted by Crippen LogP contribution is 2.36. The SMILES string of the molecule is CC1(C)OB(c2ccc(/C=C/Br)cc2)OC1(C)C. The first-order valence-electron chi connectivity index (χ1n) is 6.08. The van der Waals surface area contributed by atoms with Gasteiger partial charge in [-0.2, -0.15) is 0 Å². The van der Waals surface area contributed by atoms with Gasteiger partial charge in [0, 0.05) is 0 Å². The fourth-order valence-corrected chi connectivity index (χ4v) is 2.12. The maximum atomic E-state index is 6.00. The number of halogens is 1. The molecule has 0 spiro atoms. The molecular weight excluding hydrogens is 291 g/mol. The van der Waals surface area contributed by atoms with Crippen LogP contribution in [0.3, 0.4) is 0 Å². The highest BCUT2D eigenvalue weighted by molar-refractivity contribution is 9.11. The van der Waals surface area contributed by atoms with Crippen molar-refractivity contribution in [2.45, 2.75) is 38.9 Å². The van der Waals surface area contributed by atoms with Crippen molar-refractivity contribution in [1.82, 2.24) is 0 Å². The first kappa shape index (κ1) is 13.8. The van der Waals surface area contributed by atoms with E-state index < -0.39 is 0 Å². The van der Waals surface area contributed by atoms with Gasteiger partial charge in [0.15, 0.2) is 0 Å². The van der Waals surface area contributed by atoms with Gasteiger partial charge in [-0.3, -0.25) is 0 Å². The van der Waals surface area contributed by atoms with Crippen LogP contribution in [0.5, 0.6) is 0 Å². The van der Waals surface area contributed by atoms with Gasteiger partial charge < -0.3 is 9.31 Å². The van der Waals surface area contributed by atoms with Crippen molar-refractivity contribution < 1.29 is 9.31 Å². The van der Waals surface area contributed by atoms with Crippen LogP contribution >= 0.6 is 15.9 Å². The van der Waals surface area contributed by atoms with Crippen LogP contribution in [0.2, 0.25) is 0 Å². The quantitative estimate of drug-likeness (QED) is 0.780. The van der Waals surface area contributed by atoms with Crippen molar-refractivity contribution in [2.75, 3.05) is 0 Å². The molecule has 0 amide bonds. The highest BCUT2D eigenvalue weighted by atomic mass is 79.9. The molecule has 1 aromatic carbocycles. The van der Waals surface area contributed by atoms with Gasteiger partial charge in [-0.25, -0.2) is 0 Å². The zero-order chi connectivity index (χ0) is 13.4. The van der Waals surface area contributed by atoms with Gasteiger partial charge in [0.05, 0.1) is 11.2 Å². The number of benzene rings is 1. The van der Waals surface area contributed by atoms with Crippen LogP contribution < -0.4 is 5.46 Å². The molecule has 0 aromatic heterocycles. The van der Waals surface area contributed by atoms with Crippen molar-refractivity contribution in [3.05, 3.63) is 34.8 Å². The van der Waals surface area contributed by atoms with Gasteiger partial charge in [-0.15, -0.1) is 0 Å². The Hall–Kier alpha value is -0.575. The predicted molar refractivity (Wildman–Crippen MR) is 80.1 cm³/mol. The minimum absolute atomic E-state index is 0.281. The molecule has 0 saturated carbocycles. The normalized spacial score (nSPS) is 21.7. The summed E-state index contributed by atoms with van der Waals surface area (Å²) in [6.45, 7) is 8.26. The van der Waals surface area contributed by atoms with Crippen molar-refractivity contribution >= 4 is 34.6 Å². The highest BCUT2D eigenvalue weighted by Gasteiger charge is 2.51. The molecular formula is C14H18BBrO2. The molecule has 1 heterocycles. The monoisotopic (exact) mass is 308 g/mol. The van der Waals surface area contributed by atoms with E-state index in [4.69, 9.17) is 9.31 Å². The van der Waals surface area contributed by atoms with E-state index in [2.05, 4.69) is 55.8 Å². The number of rotatable bonds is 2. The Morgan fingerprint density at radius 2 is 1.50 bits per heavy atom. The van der Waals surface area contributed by atoms with Crippen LogP contribution in [0.1, 0.15) is 33.3 Å². The summed E-state index contributed by atoms with van der Waals surface area (Å²) >= 11 is 3.27. The van der Waals surface area contributed by atoms with Gasteiger partial charge in [0.2, 0.25) is 0 Å². The molecule has 4 heteroatoms. The van der Waals surface area contributed by atoms with Crippen LogP contribution in [-0.2, 0) is 9.31 Å². The Morgan fingerprint density at radius 3 is 1.94 bits per heavy atom. The van der Waals surface area contributed by atoms with E-state index in [1.807, 2.05) is 23.2 Å². The van der Waals surface area contributed by atoms with Crippen LogP contribution in [0, 0.1) is 0 Å². The lowest BCUT2D eigenvalue weighted by Crippen LogP contribution is -2.41. The predicted octanol–water partition coefficient (Wildman–Crippen LogP) is 3.35. The molecule has 0 radical (unpaired) electrons. The molecule has 0 atom stereocenters. The fraction of sp³-hybridized carbons (Fsp3) is 0.429. The van der Waals surface area contributed by atoms with Crippen LogP contribution in [0.25, 0.3) is 6.08 Å². The summed E-state index contributed by atoms with van der Waals surface area (Å²) < 4.78 is 12.0. The molecule has 2 rings (SSSR count). The molecule has 0 unspecified atom stereocenters. The van der Waals surface area contributed by atoms with Crippen LogP contribution in [-0.4, -0.2) is 18.3 Å². The van der Waals surface area contributed by atoms with Gasteiger partial charge in [0.1, 0.15) is 0 Å². The summed E-state index contributed by atoms with van der Waals surface area (Å²) in [5.74, 6) is 0. The summed E-state index contributed by atoms with van der Waals surface area (Å²) in [5.41, 5.74) is 1.63. The third-order valence-corrected chi connectivity index (χ3v) is 3.98. The molecule has 0 N–H and O–H groups in total. The molecule has 18 heavy (non-hydrogen) atoms. The molecule has 1 saturated heterocycles. The zero-order valence-corrected chi connectivity index (χ0v) is 12.8. The summed E-state index contributed by atoms with van der Waals surface area (Å²) in [6, 6.07) is 8.20. The molecule has 0 aliphatic carbocycles.